The SMILES string of the molecule is CCC(C)NC(=O)C1CCCN1C(=O)c1cccc(NS(=O)(=O)c2ccc(C(C)(C)C)cc2)c1. The van der Waals surface area contributed by atoms with Crippen molar-refractivity contribution in [2.24, 2.45) is 0 Å². The van der Waals surface area contributed by atoms with Gasteiger partial charge in [0, 0.05) is 23.8 Å². The van der Waals surface area contributed by atoms with E-state index in [1.54, 1.807) is 35.2 Å². The van der Waals surface area contributed by atoms with Gasteiger partial charge in [-0.05, 0) is 67.5 Å². The first kappa shape index (κ1) is 25.7. The molecule has 8 heteroatoms. The molecule has 1 aliphatic heterocycles. The number of rotatable bonds is 7. The number of nitrogens with one attached hydrogen (secondary N) is 2. The summed E-state index contributed by atoms with van der Waals surface area (Å²) in [5.74, 6) is -0.423. The van der Waals surface area contributed by atoms with Crippen LogP contribution in [0, 0.1) is 0 Å². The highest BCUT2D eigenvalue weighted by atomic mass is 32.2. The van der Waals surface area contributed by atoms with Crippen LogP contribution in [-0.2, 0) is 20.2 Å². The van der Waals surface area contributed by atoms with Gasteiger partial charge in [-0.15, -0.1) is 0 Å². The normalized spacial score (nSPS) is 17.3. The molecule has 1 heterocycles. The third-order valence-electron chi connectivity index (χ3n) is 6.21. The predicted molar refractivity (Wildman–Crippen MR) is 134 cm³/mol. The molecule has 7 nitrogen and oxygen atoms in total. The van der Waals surface area contributed by atoms with Crippen molar-refractivity contribution >= 4 is 27.5 Å². The summed E-state index contributed by atoms with van der Waals surface area (Å²) in [7, 11) is -3.82. The first-order chi connectivity index (χ1) is 15.9. The van der Waals surface area contributed by atoms with Gasteiger partial charge in [0.15, 0.2) is 0 Å². The second kappa shape index (κ2) is 10.2. The second-order valence-corrected chi connectivity index (χ2v) is 11.6. The minimum atomic E-state index is -3.82. The van der Waals surface area contributed by atoms with Crippen LogP contribution >= 0.6 is 0 Å². The van der Waals surface area contributed by atoms with Gasteiger partial charge in [-0.3, -0.25) is 14.3 Å². The van der Waals surface area contributed by atoms with Gasteiger partial charge in [0.2, 0.25) is 5.91 Å². The molecule has 2 N–H and O–H groups in total. The quantitative estimate of drug-likeness (QED) is 0.611. The Balaban J connectivity index is 1.76. The Hall–Kier alpha value is -2.87. The summed E-state index contributed by atoms with van der Waals surface area (Å²) < 4.78 is 28.4. The van der Waals surface area contributed by atoms with E-state index in [0.717, 1.165) is 18.4 Å². The Morgan fingerprint density at radius 2 is 1.79 bits per heavy atom. The van der Waals surface area contributed by atoms with Gasteiger partial charge >= 0.3 is 0 Å². The molecule has 0 aromatic heterocycles. The van der Waals surface area contributed by atoms with E-state index in [1.165, 1.54) is 6.07 Å². The van der Waals surface area contributed by atoms with E-state index in [4.69, 9.17) is 0 Å². The van der Waals surface area contributed by atoms with Crippen molar-refractivity contribution in [3.8, 4) is 0 Å². The van der Waals surface area contributed by atoms with E-state index in [0.29, 0.717) is 24.2 Å². The first-order valence-electron chi connectivity index (χ1n) is 11.8. The van der Waals surface area contributed by atoms with Crippen molar-refractivity contribution in [3.63, 3.8) is 0 Å². The zero-order valence-electron chi connectivity index (χ0n) is 20.6. The third-order valence-corrected chi connectivity index (χ3v) is 7.61. The molecule has 0 radical (unpaired) electrons. The molecule has 184 valence electrons. The summed E-state index contributed by atoms with van der Waals surface area (Å²) in [6.07, 6.45) is 2.18. The van der Waals surface area contributed by atoms with E-state index in [9.17, 15) is 18.0 Å². The summed E-state index contributed by atoms with van der Waals surface area (Å²) in [4.78, 5) is 27.6. The number of likely N-dealkylation sites (tertiary alicyclic amines) is 1. The van der Waals surface area contributed by atoms with E-state index in [2.05, 4.69) is 30.8 Å². The lowest BCUT2D eigenvalue weighted by Gasteiger charge is -2.25. The van der Waals surface area contributed by atoms with Crippen molar-refractivity contribution in [3.05, 3.63) is 59.7 Å². The number of carbonyl (C=O) groups excluding carboxylic acids is 2. The molecule has 0 bridgehead atoms. The minimum Gasteiger partial charge on any atom is -0.352 e. The Labute approximate surface area is 203 Å². The molecule has 2 unspecified atom stereocenters. The van der Waals surface area contributed by atoms with Crippen LogP contribution in [0.15, 0.2) is 53.4 Å². The number of carbonyl (C=O) groups is 2. The monoisotopic (exact) mass is 485 g/mol. The molecule has 1 fully saturated rings. The predicted octanol–water partition coefficient (Wildman–Crippen LogP) is 4.30. The van der Waals surface area contributed by atoms with Gasteiger partial charge in [0.05, 0.1) is 4.90 Å². The Morgan fingerprint density at radius 3 is 2.41 bits per heavy atom. The molecule has 34 heavy (non-hydrogen) atoms. The second-order valence-electron chi connectivity index (χ2n) is 9.94. The van der Waals surface area contributed by atoms with Crippen LogP contribution in [0.4, 0.5) is 5.69 Å². The standard InChI is InChI=1S/C26H35N3O4S/c1-6-18(2)27-24(30)23-11-8-16-29(23)25(31)19-9-7-10-21(17-19)28-34(32,33)22-14-12-20(13-15-22)26(3,4)5/h7,9-10,12-15,17-18,23,28H,6,8,11,16H2,1-5H3,(H,27,30). The number of nitrogens with zero attached hydrogens (tertiary/aromatic N) is 1. The molecule has 0 aliphatic carbocycles. The van der Waals surface area contributed by atoms with Crippen LogP contribution in [-0.4, -0.2) is 43.8 Å². The Morgan fingerprint density at radius 1 is 1.12 bits per heavy atom. The molecule has 2 atom stereocenters. The summed E-state index contributed by atoms with van der Waals surface area (Å²) in [5, 5.41) is 2.96. The topological polar surface area (TPSA) is 95.6 Å². The molecule has 1 aliphatic rings. The highest BCUT2D eigenvalue weighted by molar-refractivity contribution is 7.92. The smallest absolute Gasteiger partial charge is 0.261 e. The molecule has 0 saturated carbocycles. The lowest BCUT2D eigenvalue weighted by atomic mass is 9.87. The van der Waals surface area contributed by atoms with Crippen LogP contribution in [0.5, 0.6) is 0 Å². The van der Waals surface area contributed by atoms with Crippen LogP contribution < -0.4 is 10.0 Å². The van der Waals surface area contributed by atoms with Gasteiger partial charge in [-0.2, -0.15) is 0 Å². The largest absolute Gasteiger partial charge is 0.352 e. The fourth-order valence-electron chi connectivity index (χ4n) is 3.95. The molecule has 0 spiro atoms. The van der Waals surface area contributed by atoms with Gasteiger partial charge < -0.3 is 10.2 Å². The number of anilines is 1. The van der Waals surface area contributed by atoms with Gasteiger partial charge in [-0.1, -0.05) is 45.9 Å². The van der Waals surface area contributed by atoms with Crippen molar-refractivity contribution in [1.82, 2.24) is 10.2 Å². The number of hydrogen-bond acceptors (Lipinski definition) is 4. The van der Waals surface area contributed by atoms with E-state index in [-0.39, 0.29) is 28.2 Å². The fraction of sp³-hybridized carbons (Fsp3) is 0.462. The van der Waals surface area contributed by atoms with Crippen LogP contribution in [0.1, 0.15) is 69.8 Å². The Bertz CT molecular complexity index is 1140. The molecular weight excluding hydrogens is 450 g/mol. The summed E-state index contributed by atoms with van der Waals surface area (Å²) >= 11 is 0. The lowest BCUT2D eigenvalue weighted by molar-refractivity contribution is -0.125. The summed E-state index contributed by atoms with van der Waals surface area (Å²) in [6.45, 7) is 10.6. The van der Waals surface area contributed by atoms with E-state index >= 15 is 0 Å². The number of benzene rings is 2. The van der Waals surface area contributed by atoms with Gasteiger partial charge in [-0.25, -0.2) is 8.42 Å². The fourth-order valence-corrected chi connectivity index (χ4v) is 5.00. The van der Waals surface area contributed by atoms with Gasteiger partial charge in [0.25, 0.3) is 15.9 Å². The maximum absolute atomic E-state index is 13.2. The molecular formula is C26H35N3O4S. The number of amides is 2. The zero-order valence-corrected chi connectivity index (χ0v) is 21.4. The molecule has 1 saturated heterocycles. The van der Waals surface area contributed by atoms with Crippen molar-refractivity contribution < 1.29 is 18.0 Å². The minimum absolute atomic E-state index is 0.0419. The highest BCUT2D eigenvalue weighted by Crippen LogP contribution is 2.25. The number of hydrogen-bond donors (Lipinski definition) is 2. The maximum Gasteiger partial charge on any atom is 0.261 e. The average molecular weight is 486 g/mol. The van der Waals surface area contributed by atoms with Crippen LogP contribution in [0.2, 0.25) is 0 Å². The van der Waals surface area contributed by atoms with E-state index in [1.807, 2.05) is 26.0 Å². The summed E-state index contributed by atoms with van der Waals surface area (Å²) in [5.41, 5.74) is 1.59. The summed E-state index contributed by atoms with van der Waals surface area (Å²) in [6, 6.07) is 12.7. The van der Waals surface area contributed by atoms with Crippen molar-refractivity contribution in [2.45, 2.75) is 76.3 Å². The molecule has 2 aromatic rings. The lowest BCUT2D eigenvalue weighted by Crippen LogP contribution is -2.48. The van der Waals surface area contributed by atoms with Crippen molar-refractivity contribution in [1.29, 1.82) is 0 Å². The first-order valence-corrected chi connectivity index (χ1v) is 13.3. The highest BCUT2D eigenvalue weighted by Gasteiger charge is 2.35. The third kappa shape index (κ3) is 5.97. The Kier molecular flexibility index (Phi) is 7.70. The number of sulfonamides is 1. The van der Waals surface area contributed by atoms with E-state index < -0.39 is 16.1 Å². The van der Waals surface area contributed by atoms with Crippen molar-refractivity contribution in [2.75, 3.05) is 11.3 Å². The molecule has 2 amide bonds. The van der Waals surface area contributed by atoms with Crippen LogP contribution in [0.25, 0.3) is 0 Å². The maximum atomic E-state index is 13.2. The van der Waals surface area contributed by atoms with Gasteiger partial charge in [0.1, 0.15) is 6.04 Å². The van der Waals surface area contributed by atoms with Crippen LogP contribution in [0.3, 0.4) is 0 Å². The average Bonchev–Trinajstić information content (AvgIpc) is 3.28. The zero-order chi connectivity index (χ0) is 25.1. The molecule has 2 aromatic carbocycles. The molecule has 3 rings (SSSR count).